The van der Waals surface area contributed by atoms with Crippen LogP contribution in [0.1, 0.15) is 33.1 Å². The van der Waals surface area contributed by atoms with Crippen LogP contribution in [-0.2, 0) is 4.79 Å². The van der Waals surface area contributed by atoms with Crippen molar-refractivity contribution >= 4 is 12.9 Å². The van der Waals surface area contributed by atoms with Gasteiger partial charge in [-0.2, -0.15) is 0 Å². The van der Waals surface area contributed by atoms with Gasteiger partial charge in [0.05, 0.1) is 0 Å². The van der Waals surface area contributed by atoms with Crippen molar-refractivity contribution < 1.29 is 14.9 Å². The third-order valence-corrected chi connectivity index (χ3v) is 4.14. The van der Waals surface area contributed by atoms with E-state index >= 15 is 0 Å². The van der Waals surface area contributed by atoms with Crippen molar-refractivity contribution in [3.05, 3.63) is 0 Å². The molecule has 0 amide bonds. The van der Waals surface area contributed by atoms with E-state index in [0.717, 1.165) is 32.1 Å². The van der Waals surface area contributed by atoms with Gasteiger partial charge in [-0.15, -0.1) is 0 Å². The molecule has 1 aliphatic rings. The molecule has 16 heavy (non-hydrogen) atoms. The topological polar surface area (TPSA) is 69.6 Å². The molecule has 2 atom stereocenters. The lowest BCUT2D eigenvalue weighted by atomic mass is 9.63. The van der Waals surface area contributed by atoms with Gasteiger partial charge in [0.15, 0.2) is 0 Å². The first-order valence-corrected chi connectivity index (χ1v) is 5.98. The second-order valence-electron chi connectivity index (χ2n) is 5.41. The molecule has 0 saturated carbocycles. The van der Waals surface area contributed by atoms with Crippen molar-refractivity contribution in [3.8, 4) is 0 Å². The Morgan fingerprint density at radius 2 is 2.12 bits per heavy atom. The van der Waals surface area contributed by atoms with Crippen LogP contribution in [-0.4, -0.2) is 35.1 Å². The first kappa shape index (κ1) is 13.5. The van der Waals surface area contributed by atoms with Gasteiger partial charge in [-0.1, -0.05) is 20.2 Å². The zero-order chi connectivity index (χ0) is 12.4. The molecule has 0 aromatic rings. The number of aliphatic carboxylic acids is 1. The van der Waals surface area contributed by atoms with E-state index in [1.165, 1.54) is 0 Å². The molecule has 92 valence electrons. The SMILES string of the molecule is CB(O)CCCC1(C)CCNC1(C)C(=O)O. The van der Waals surface area contributed by atoms with E-state index in [1.54, 1.807) is 13.7 Å². The summed E-state index contributed by atoms with van der Waals surface area (Å²) in [4.78, 5) is 11.3. The molecule has 0 aromatic heterocycles. The van der Waals surface area contributed by atoms with Crippen molar-refractivity contribution in [1.29, 1.82) is 0 Å². The molecule has 1 saturated heterocycles. The Kier molecular flexibility index (Phi) is 4.02. The first-order valence-electron chi connectivity index (χ1n) is 5.98. The molecular formula is C11H22BNO3. The Hall–Kier alpha value is -0.545. The fraction of sp³-hybridized carbons (Fsp3) is 0.909. The Morgan fingerprint density at radius 3 is 2.62 bits per heavy atom. The highest BCUT2D eigenvalue weighted by atomic mass is 16.4. The molecule has 2 unspecified atom stereocenters. The largest absolute Gasteiger partial charge is 0.480 e. The van der Waals surface area contributed by atoms with E-state index in [-0.39, 0.29) is 12.3 Å². The maximum absolute atomic E-state index is 11.3. The molecule has 1 rings (SSSR count). The van der Waals surface area contributed by atoms with Gasteiger partial charge < -0.3 is 15.4 Å². The van der Waals surface area contributed by atoms with Crippen LogP contribution in [0.2, 0.25) is 13.1 Å². The zero-order valence-electron chi connectivity index (χ0n) is 10.4. The third kappa shape index (κ3) is 2.41. The van der Waals surface area contributed by atoms with E-state index in [4.69, 9.17) is 0 Å². The number of carboxylic acids is 1. The maximum atomic E-state index is 11.3. The summed E-state index contributed by atoms with van der Waals surface area (Å²) in [6, 6.07) is 0. The fourth-order valence-electron chi connectivity index (χ4n) is 2.55. The van der Waals surface area contributed by atoms with Gasteiger partial charge in [0.25, 0.3) is 6.92 Å². The summed E-state index contributed by atoms with van der Waals surface area (Å²) in [6.45, 7) is 6.03. The second kappa shape index (κ2) is 4.76. The van der Waals surface area contributed by atoms with Crippen LogP contribution in [0.25, 0.3) is 0 Å². The highest BCUT2D eigenvalue weighted by Crippen LogP contribution is 2.43. The highest BCUT2D eigenvalue weighted by molar-refractivity contribution is 6.48. The van der Waals surface area contributed by atoms with Crippen LogP contribution in [0.5, 0.6) is 0 Å². The molecule has 3 N–H and O–H groups in total. The average Bonchev–Trinajstić information content (AvgIpc) is 2.44. The number of hydrogen-bond acceptors (Lipinski definition) is 3. The summed E-state index contributed by atoms with van der Waals surface area (Å²) >= 11 is 0. The lowest BCUT2D eigenvalue weighted by Crippen LogP contribution is -2.54. The van der Waals surface area contributed by atoms with Crippen LogP contribution >= 0.6 is 0 Å². The third-order valence-electron chi connectivity index (χ3n) is 4.14. The molecule has 0 aromatic carbocycles. The van der Waals surface area contributed by atoms with E-state index in [2.05, 4.69) is 5.32 Å². The van der Waals surface area contributed by atoms with Gasteiger partial charge >= 0.3 is 5.97 Å². The van der Waals surface area contributed by atoms with Crippen LogP contribution in [0.15, 0.2) is 0 Å². The fourth-order valence-corrected chi connectivity index (χ4v) is 2.55. The van der Waals surface area contributed by atoms with Gasteiger partial charge in [-0.05, 0) is 38.0 Å². The Balaban J connectivity index is 2.64. The van der Waals surface area contributed by atoms with Gasteiger partial charge in [-0.25, -0.2) is 0 Å². The number of carbonyl (C=O) groups is 1. The maximum Gasteiger partial charge on any atom is 0.324 e. The standard InChI is InChI=1S/C11H22BNO3/c1-10(5-4-7-12(3)16)6-8-13-11(10,2)9(14)15/h13,16H,4-8H2,1-3H3,(H,14,15). The molecule has 1 heterocycles. The van der Waals surface area contributed by atoms with Crippen molar-refractivity contribution in [2.24, 2.45) is 5.41 Å². The molecule has 0 aliphatic carbocycles. The molecule has 0 radical (unpaired) electrons. The summed E-state index contributed by atoms with van der Waals surface area (Å²) in [5.41, 5.74) is -1.04. The lowest BCUT2D eigenvalue weighted by Gasteiger charge is -2.37. The van der Waals surface area contributed by atoms with E-state index in [0.29, 0.717) is 0 Å². The monoisotopic (exact) mass is 227 g/mol. The zero-order valence-corrected chi connectivity index (χ0v) is 10.4. The van der Waals surface area contributed by atoms with E-state index in [1.807, 2.05) is 6.92 Å². The predicted molar refractivity (Wildman–Crippen MR) is 64.6 cm³/mol. The van der Waals surface area contributed by atoms with Crippen molar-refractivity contribution in [2.75, 3.05) is 6.54 Å². The summed E-state index contributed by atoms with van der Waals surface area (Å²) < 4.78 is 0. The normalized spacial score (nSPS) is 34.0. The minimum atomic E-state index is -0.828. The molecule has 1 fully saturated rings. The predicted octanol–water partition coefficient (Wildman–Crippen LogP) is 1.22. The summed E-state index contributed by atoms with van der Waals surface area (Å²) in [7, 11) is 0. The Morgan fingerprint density at radius 1 is 1.50 bits per heavy atom. The number of hydrogen-bond donors (Lipinski definition) is 3. The minimum absolute atomic E-state index is 0.215. The first-order chi connectivity index (χ1) is 7.32. The highest BCUT2D eigenvalue weighted by Gasteiger charge is 2.53. The second-order valence-corrected chi connectivity index (χ2v) is 5.41. The van der Waals surface area contributed by atoms with E-state index in [9.17, 15) is 14.9 Å². The number of carboxylic acid groups (broad SMARTS) is 1. The van der Waals surface area contributed by atoms with Gasteiger partial charge in [0.1, 0.15) is 5.54 Å². The lowest BCUT2D eigenvalue weighted by molar-refractivity contribution is -0.148. The smallest absolute Gasteiger partial charge is 0.324 e. The number of nitrogens with one attached hydrogen (secondary N) is 1. The van der Waals surface area contributed by atoms with Gasteiger partial charge in [0, 0.05) is 0 Å². The summed E-state index contributed by atoms with van der Waals surface area (Å²) in [5.74, 6) is -0.774. The summed E-state index contributed by atoms with van der Waals surface area (Å²) in [6.07, 6.45) is 3.34. The number of rotatable bonds is 5. The minimum Gasteiger partial charge on any atom is -0.480 e. The average molecular weight is 227 g/mol. The van der Waals surface area contributed by atoms with Crippen LogP contribution in [0.4, 0.5) is 0 Å². The van der Waals surface area contributed by atoms with Crippen LogP contribution in [0.3, 0.4) is 0 Å². The Bertz CT molecular complexity index is 272. The van der Waals surface area contributed by atoms with Gasteiger partial charge in [-0.3, -0.25) is 4.79 Å². The molecule has 4 nitrogen and oxygen atoms in total. The molecule has 0 spiro atoms. The molecule has 1 aliphatic heterocycles. The van der Waals surface area contributed by atoms with Crippen LogP contribution < -0.4 is 5.32 Å². The summed E-state index contributed by atoms with van der Waals surface area (Å²) in [5, 5.41) is 21.6. The molecule has 5 heteroatoms. The quantitative estimate of drug-likeness (QED) is 0.617. The van der Waals surface area contributed by atoms with Gasteiger partial charge in [0.2, 0.25) is 0 Å². The molecule has 0 bridgehead atoms. The molecular weight excluding hydrogens is 205 g/mol. The van der Waals surface area contributed by atoms with Crippen LogP contribution in [0, 0.1) is 5.41 Å². The van der Waals surface area contributed by atoms with Crippen molar-refractivity contribution in [1.82, 2.24) is 5.32 Å². The van der Waals surface area contributed by atoms with Crippen molar-refractivity contribution in [3.63, 3.8) is 0 Å². The van der Waals surface area contributed by atoms with Crippen molar-refractivity contribution in [2.45, 2.75) is 51.8 Å². The van der Waals surface area contributed by atoms with E-state index < -0.39 is 11.5 Å². The Labute approximate surface area is 97.5 Å².